The second-order valence-corrected chi connectivity index (χ2v) is 5.18. The van der Waals surface area contributed by atoms with E-state index in [4.69, 9.17) is 9.84 Å². The number of hydrogen-bond acceptors (Lipinski definition) is 4. The van der Waals surface area contributed by atoms with Crippen LogP contribution in [-0.4, -0.2) is 35.8 Å². The van der Waals surface area contributed by atoms with Crippen LogP contribution in [0.1, 0.15) is 43.2 Å². The summed E-state index contributed by atoms with van der Waals surface area (Å²) in [6.45, 7) is 8.17. The fourth-order valence-corrected chi connectivity index (χ4v) is 1.76. The summed E-state index contributed by atoms with van der Waals surface area (Å²) in [5, 5.41) is 12.2. The molecule has 1 heterocycles. The Morgan fingerprint density at radius 2 is 2.20 bits per heavy atom. The number of aromatic carboxylic acids is 1. The van der Waals surface area contributed by atoms with Gasteiger partial charge in [0.25, 0.3) is 0 Å². The highest BCUT2D eigenvalue weighted by Crippen LogP contribution is 2.12. The van der Waals surface area contributed by atoms with Gasteiger partial charge in [-0.1, -0.05) is 27.2 Å². The molecular formula is C15H24N2O3. The van der Waals surface area contributed by atoms with Crippen LogP contribution in [0.4, 0.5) is 5.82 Å². The molecule has 1 aromatic rings. The standard InChI is InChI=1S/C15H24N2O3/c1-4-5-13-8-12(15(18)19)9-14(17-13)16-6-7-20-10-11(2)3/h8-9,11H,4-7,10H2,1-3H3,(H,16,17)(H,18,19). The monoisotopic (exact) mass is 280 g/mol. The summed E-state index contributed by atoms with van der Waals surface area (Å²) in [5.74, 6) is 0.185. The van der Waals surface area contributed by atoms with Gasteiger partial charge in [-0.2, -0.15) is 0 Å². The van der Waals surface area contributed by atoms with Gasteiger partial charge in [-0.3, -0.25) is 0 Å². The van der Waals surface area contributed by atoms with Crippen LogP contribution >= 0.6 is 0 Å². The van der Waals surface area contributed by atoms with Gasteiger partial charge >= 0.3 is 5.97 Å². The molecule has 5 nitrogen and oxygen atoms in total. The number of pyridine rings is 1. The predicted molar refractivity (Wildman–Crippen MR) is 79.3 cm³/mol. The van der Waals surface area contributed by atoms with Crippen LogP contribution in [0, 0.1) is 5.92 Å². The third-order valence-electron chi connectivity index (χ3n) is 2.64. The summed E-state index contributed by atoms with van der Waals surface area (Å²) in [7, 11) is 0. The van der Waals surface area contributed by atoms with Crippen molar-refractivity contribution < 1.29 is 14.6 Å². The number of anilines is 1. The molecule has 0 aliphatic carbocycles. The van der Waals surface area contributed by atoms with E-state index in [-0.39, 0.29) is 5.56 Å². The van der Waals surface area contributed by atoms with Gasteiger partial charge in [0.05, 0.1) is 12.2 Å². The lowest BCUT2D eigenvalue weighted by molar-refractivity contribution is 0.0696. The number of hydrogen-bond donors (Lipinski definition) is 2. The Balaban J connectivity index is 2.57. The quantitative estimate of drug-likeness (QED) is 0.681. The van der Waals surface area contributed by atoms with E-state index < -0.39 is 5.97 Å². The summed E-state index contributed by atoms with van der Waals surface area (Å²) in [6.07, 6.45) is 1.71. The van der Waals surface area contributed by atoms with Crippen LogP contribution in [0.2, 0.25) is 0 Å². The third kappa shape index (κ3) is 6.02. The number of nitrogens with one attached hydrogen (secondary N) is 1. The molecule has 0 unspecified atom stereocenters. The fraction of sp³-hybridized carbons (Fsp3) is 0.600. The van der Waals surface area contributed by atoms with Gasteiger partial charge in [-0.25, -0.2) is 9.78 Å². The highest BCUT2D eigenvalue weighted by atomic mass is 16.5. The molecule has 0 aromatic carbocycles. The molecular weight excluding hydrogens is 256 g/mol. The Hall–Kier alpha value is -1.62. The molecule has 0 spiro atoms. The van der Waals surface area contributed by atoms with Crippen molar-refractivity contribution in [2.75, 3.05) is 25.1 Å². The first-order chi connectivity index (χ1) is 9.52. The summed E-state index contributed by atoms with van der Waals surface area (Å²) in [6, 6.07) is 3.19. The van der Waals surface area contributed by atoms with Gasteiger partial charge < -0.3 is 15.2 Å². The van der Waals surface area contributed by atoms with Gasteiger partial charge in [0.2, 0.25) is 0 Å². The second-order valence-electron chi connectivity index (χ2n) is 5.18. The zero-order valence-electron chi connectivity index (χ0n) is 12.5. The fourth-order valence-electron chi connectivity index (χ4n) is 1.76. The van der Waals surface area contributed by atoms with Crippen LogP contribution in [0.5, 0.6) is 0 Å². The van der Waals surface area contributed by atoms with Crippen LogP contribution in [-0.2, 0) is 11.2 Å². The van der Waals surface area contributed by atoms with Gasteiger partial charge in [0.15, 0.2) is 0 Å². The lowest BCUT2D eigenvalue weighted by atomic mass is 10.1. The maximum atomic E-state index is 11.1. The van der Waals surface area contributed by atoms with E-state index >= 15 is 0 Å². The lowest BCUT2D eigenvalue weighted by Gasteiger charge is -2.10. The Kier molecular flexibility index (Phi) is 7.01. The maximum Gasteiger partial charge on any atom is 0.335 e. The SMILES string of the molecule is CCCc1cc(C(=O)O)cc(NCCOCC(C)C)n1. The number of nitrogens with zero attached hydrogens (tertiary/aromatic N) is 1. The highest BCUT2D eigenvalue weighted by Gasteiger charge is 2.08. The van der Waals surface area contributed by atoms with Crippen molar-refractivity contribution in [1.82, 2.24) is 4.98 Å². The molecule has 1 aromatic heterocycles. The van der Waals surface area contributed by atoms with E-state index in [2.05, 4.69) is 24.1 Å². The van der Waals surface area contributed by atoms with Crippen molar-refractivity contribution in [3.8, 4) is 0 Å². The normalized spacial score (nSPS) is 10.8. The average molecular weight is 280 g/mol. The van der Waals surface area contributed by atoms with Gasteiger partial charge in [-0.05, 0) is 24.5 Å². The molecule has 2 N–H and O–H groups in total. The van der Waals surface area contributed by atoms with Crippen LogP contribution in [0.15, 0.2) is 12.1 Å². The maximum absolute atomic E-state index is 11.1. The predicted octanol–water partition coefficient (Wildman–Crippen LogP) is 2.82. The van der Waals surface area contributed by atoms with Crippen molar-refractivity contribution in [3.63, 3.8) is 0 Å². The number of rotatable bonds is 9. The zero-order valence-corrected chi connectivity index (χ0v) is 12.5. The molecule has 112 valence electrons. The number of carboxylic acid groups (broad SMARTS) is 1. The second kappa shape index (κ2) is 8.53. The average Bonchev–Trinajstić information content (AvgIpc) is 2.38. The summed E-state index contributed by atoms with van der Waals surface area (Å²) in [5.41, 5.74) is 1.08. The molecule has 20 heavy (non-hydrogen) atoms. The summed E-state index contributed by atoms with van der Waals surface area (Å²) < 4.78 is 5.47. The molecule has 0 atom stereocenters. The summed E-state index contributed by atoms with van der Waals surface area (Å²) >= 11 is 0. The van der Waals surface area contributed by atoms with Crippen molar-refractivity contribution in [3.05, 3.63) is 23.4 Å². The molecule has 0 aliphatic rings. The van der Waals surface area contributed by atoms with Crippen LogP contribution < -0.4 is 5.32 Å². The topological polar surface area (TPSA) is 71.5 Å². The first-order valence-corrected chi connectivity index (χ1v) is 7.08. The van der Waals surface area contributed by atoms with E-state index in [9.17, 15) is 4.79 Å². The van der Waals surface area contributed by atoms with Gasteiger partial charge in [-0.15, -0.1) is 0 Å². The van der Waals surface area contributed by atoms with E-state index in [1.165, 1.54) is 0 Å². The van der Waals surface area contributed by atoms with E-state index in [1.54, 1.807) is 12.1 Å². The molecule has 0 aliphatic heterocycles. The molecule has 5 heteroatoms. The molecule has 0 radical (unpaired) electrons. The molecule has 0 bridgehead atoms. The highest BCUT2D eigenvalue weighted by molar-refractivity contribution is 5.88. The molecule has 0 amide bonds. The molecule has 0 fully saturated rings. The van der Waals surface area contributed by atoms with E-state index in [1.807, 2.05) is 6.92 Å². The smallest absolute Gasteiger partial charge is 0.335 e. The Bertz CT molecular complexity index is 433. The van der Waals surface area contributed by atoms with E-state index in [0.29, 0.717) is 24.9 Å². The lowest BCUT2D eigenvalue weighted by Crippen LogP contribution is -2.14. The van der Waals surface area contributed by atoms with E-state index in [0.717, 1.165) is 25.1 Å². The molecule has 0 saturated carbocycles. The molecule has 1 rings (SSSR count). The van der Waals surface area contributed by atoms with Crippen LogP contribution in [0.25, 0.3) is 0 Å². The minimum atomic E-state index is -0.927. The van der Waals surface area contributed by atoms with Crippen molar-refractivity contribution in [2.24, 2.45) is 5.92 Å². The number of aromatic nitrogens is 1. The van der Waals surface area contributed by atoms with Crippen molar-refractivity contribution in [2.45, 2.75) is 33.6 Å². The number of ether oxygens (including phenoxy) is 1. The van der Waals surface area contributed by atoms with Gasteiger partial charge in [0.1, 0.15) is 5.82 Å². The van der Waals surface area contributed by atoms with Gasteiger partial charge in [0, 0.05) is 18.8 Å². The first-order valence-electron chi connectivity index (χ1n) is 7.08. The minimum absolute atomic E-state index is 0.272. The minimum Gasteiger partial charge on any atom is -0.478 e. The third-order valence-corrected chi connectivity index (χ3v) is 2.64. The number of carbonyl (C=O) groups is 1. The van der Waals surface area contributed by atoms with Crippen LogP contribution in [0.3, 0.4) is 0 Å². The Labute approximate surface area is 120 Å². The zero-order chi connectivity index (χ0) is 15.0. The molecule has 0 saturated heterocycles. The van der Waals surface area contributed by atoms with Crippen molar-refractivity contribution >= 4 is 11.8 Å². The Morgan fingerprint density at radius 1 is 1.45 bits per heavy atom. The number of aryl methyl sites for hydroxylation is 1. The van der Waals surface area contributed by atoms with Crippen molar-refractivity contribution in [1.29, 1.82) is 0 Å². The Morgan fingerprint density at radius 3 is 2.80 bits per heavy atom. The number of carboxylic acids is 1. The largest absolute Gasteiger partial charge is 0.478 e. The first kappa shape index (κ1) is 16.4. The summed E-state index contributed by atoms with van der Waals surface area (Å²) in [4.78, 5) is 15.5.